The number of carbonyl (C=O) groups is 3. The Hall–Kier alpha value is -3.35. The molecule has 1 heterocycles. The van der Waals surface area contributed by atoms with E-state index in [0.717, 1.165) is 38.1 Å². The summed E-state index contributed by atoms with van der Waals surface area (Å²) in [6.07, 6.45) is 2.21. The van der Waals surface area contributed by atoms with Gasteiger partial charge in [0.2, 0.25) is 0 Å². The lowest BCUT2D eigenvalue weighted by atomic mass is 9.77. The zero-order valence-corrected chi connectivity index (χ0v) is 21.0. The Balaban J connectivity index is 1.55. The van der Waals surface area contributed by atoms with Gasteiger partial charge in [-0.05, 0) is 93.1 Å². The molecule has 0 bridgehead atoms. The molecule has 2 aromatic carbocycles. The van der Waals surface area contributed by atoms with Gasteiger partial charge < -0.3 is 15.4 Å². The predicted molar refractivity (Wildman–Crippen MR) is 129 cm³/mol. The minimum absolute atomic E-state index is 0.00152. The van der Waals surface area contributed by atoms with E-state index in [-0.39, 0.29) is 40.0 Å². The molecule has 12 heteroatoms. The summed E-state index contributed by atoms with van der Waals surface area (Å²) in [5.41, 5.74) is 0.890. The van der Waals surface area contributed by atoms with Gasteiger partial charge in [0, 0.05) is 7.05 Å². The van der Waals surface area contributed by atoms with Gasteiger partial charge in [0.1, 0.15) is 11.6 Å². The quantitative estimate of drug-likeness (QED) is 0.190. The van der Waals surface area contributed by atoms with Crippen molar-refractivity contribution in [1.29, 1.82) is 0 Å². The third kappa shape index (κ3) is 4.83. The molecule has 2 fully saturated rings. The zero-order chi connectivity index (χ0) is 26.8. The molecule has 1 spiro atoms. The molecule has 10 nitrogen and oxygen atoms in total. The number of ether oxygens (including phenoxy) is 1. The molecule has 1 unspecified atom stereocenters. The number of hydroxylamine groups is 1. The number of esters is 1. The van der Waals surface area contributed by atoms with E-state index in [2.05, 4.69) is 10.6 Å². The Morgan fingerprint density at radius 1 is 1.03 bits per heavy atom. The van der Waals surface area contributed by atoms with Crippen LogP contribution in [0.15, 0.2) is 47.4 Å². The van der Waals surface area contributed by atoms with Crippen molar-refractivity contribution >= 4 is 27.6 Å². The molecule has 2 amide bonds. The average Bonchev–Trinajstić information content (AvgIpc) is 3.28. The normalized spacial score (nSPS) is 20.8. The van der Waals surface area contributed by atoms with Crippen LogP contribution in [-0.4, -0.2) is 56.3 Å². The second-order valence-electron chi connectivity index (χ2n) is 9.50. The number of piperidine rings is 1. The molecule has 1 saturated heterocycles. The van der Waals surface area contributed by atoms with Crippen LogP contribution in [0.5, 0.6) is 5.75 Å². The first-order chi connectivity index (χ1) is 17.6. The largest absolute Gasteiger partial charge is 0.423 e. The molecular formula is C25H28FN3O7S. The van der Waals surface area contributed by atoms with Crippen LogP contribution >= 0.6 is 0 Å². The first-order valence-corrected chi connectivity index (χ1v) is 13.3. The highest BCUT2D eigenvalue weighted by Crippen LogP contribution is 2.54. The lowest BCUT2D eigenvalue weighted by molar-refractivity contribution is -0.132. The summed E-state index contributed by atoms with van der Waals surface area (Å²) in [4.78, 5) is 36.7. The first-order valence-electron chi connectivity index (χ1n) is 11.8. The minimum atomic E-state index is -4.23. The fourth-order valence-electron chi connectivity index (χ4n) is 5.32. The van der Waals surface area contributed by atoms with Crippen LogP contribution in [0.3, 0.4) is 0 Å². The van der Waals surface area contributed by atoms with E-state index in [1.807, 2.05) is 0 Å². The minimum Gasteiger partial charge on any atom is -0.423 e. The van der Waals surface area contributed by atoms with Gasteiger partial charge in [-0.15, -0.1) is 0 Å². The summed E-state index contributed by atoms with van der Waals surface area (Å²) in [6.45, 7) is 1.46. The SMILES string of the molecule is CNC(=O)c1ccc(C(=O)Oc2ccc(S(=O)(=O)C3(C(=O)NO)CCC4(CCNCC4)C3)cc2)cc1F. The summed E-state index contributed by atoms with van der Waals surface area (Å²) in [7, 11) is -2.87. The number of benzene rings is 2. The molecule has 198 valence electrons. The van der Waals surface area contributed by atoms with Crippen molar-refractivity contribution in [1.82, 2.24) is 16.1 Å². The number of amides is 2. The number of rotatable bonds is 6. The molecule has 2 aromatic rings. The Morgan fingerprint density at radius 2 is 1.70 bits per heavy atom. The summed E-state index contributed by atoms with van der Waals surface area (Å²) >= 11 is 0. The maximum atomic E-state index is 14.2. The number of hydrogen-bond acceptors (Lipinski definition) is 8. The number of carbonyl (C=O) groups excluding carboxylic acids is 3. The highest BCUT2D eigenvalue weighted by molar-refractivity contribution is 7.93. The number of nitrogens with one attached hydrogen (secondary N) is 3. The third-order valence-electron chi connectivity index (χ3n) is 7.43. The predicted octanol–water partition coefficient (Wildman–Crippen LogP) is 1.98. The third-order valence-corrected chi connectivity index (χ3v) is 9.89. The molecule has 37 heavy (non-hydrogen) atoms. The molecule has 4 rings (SSSR count). The van der Waals surface area contributed by atoms with Crippen molar-refractivity contribution in [3.8, 4) is 5.75 Å². The molecule has 1 atom stereocenters. The number of sulfone groups is 1. The highest BCUT2D eigenvalue weighted by Gasteiger charge is 2.60. The van der Waals surface area contributed by atoms with Crippen LogP contribution in [0, 0.1) is 11.2 Å². The maximum Gasteiger partial charge on any atom is 0.343 e. The van der Waals surface area contributed by atoms with Crippen LogP contribution in [0.4, 0.5) is 4.39 Å². The molecule has 1 aliphatic carbocycles. The topological polar surface area (TPSA) is 151 Å². The van der Waals surface area contributed by atoms with Gasteiger partial charge in [0.15, 0.2) is 14.6 Å². The molecule has 0 radical (unpaired) electrons. The Morgan fingerprint density at radius 3 is 2.30 bits per heavy atom. The Bertz CT molecular complexity index is 1320. The van der Waals surface area contributed by atoms with Gasteiger partial charge in [-0.3, -0.25) is 14.8 Å². The number of halogens is 1. The van der Waals surface area contributed by atoms with E-state index in [0.29, 0.717) is 6.42 Å². The van der Waals surface area contributed by atoms with Gasteiger partial charge in [-0.2, -0.15) is 0 Å². The first kappa shape index (κ1) is 26.7. The summed E-state index contributed by atoms with van der Waals surface area (Å²) in [5, 5.41) is 14.9. The van der Waals surface area contributed by atoms with Crippen LogP contribution in [0.1, 0.15) is 52.8 Å². The Labute approximate surface area is 213 Å². The van der Waals surface area contributed by atoms with Gasteiger partial charge in [-0.25, -0.2) is 23.1 Å². The van der Waals surface area contributed by atoms with Gasteiger partial charge in [0.25, 0.3) is 11.8 Å². The molecule has 0 aromatic heterocycles. The summed E-state index contributed by atoms with van der Waals surface area (Å²) < 4.78 is 45.0. The second-order valence-corrected chi connectivity index (χ2v) is 11.8. The zero-order valence-electron chi connectivity index (χ0n) is 20.2. The lowest BCUT2D eigenvalue weighted by Gasteiger charge is -2.36. The molecule has 2 aliphatic rings. The van der Waals surface area contributed by atoms with Crippen LogP contribution in [-0.2, 0) is 14.6 Å². The highest BCUT2D eigenvalue weighted by atomic mass is 32.2. The van der Waals surface area contributed by atoms with Gasteiger partial charge in [-0.1, -0.05) is 0 Å². The summed E-state index contributed by atoms with van der Waals surface area (Å²) in [6, 6.07) is 8.26. The van der Waals surface area contributed by atoms with E-state index in [1.165, 1.54) is 37.4 Å². The van der Waals surface area contributed by atoms with Crippen molar-refractivity contribution < 1.29 is 37.1 Å². The monoisotopic (exact) mass is 533 g/mol. The molecule has 1 aliphatic heterocycles. The maximum absolute atomic E-state index is 14.2. The van der Waals surface area contributed by atoms with E-state index in [1.54, 1.807) is 5.48 Å². The fraction of sp³-hybridized carbons (Fsp3) is 0.400. The second kappa shape index (κ2) is 10.2. The van der Waals surface area contributed by atoms with E-state index < -0.39 is 38.2 Å². The molecule has 4 N–H and O–H groups in total. The van der Waals surface area contributed by atoms with Crippen molar-refractivity contribution in [3.05, 3.63) is 59.4 Å². The van der Waals surface area contributed by atoms with E-state index in [9.17, 15) is 32.4 Å². The van der Waals surface area contributed by atoms with Crippen LogP contribution in [0.25, 0.3) is 0 Å². The van der Waals surface area contributed by atoms with Gasteiger partial charge in [0.05, 0.1) is 16.0 Å². The smallest absolute Gasteiger partial charge is 0.343 e. The van der Waals surface area contributed by atoms with E-state index in [4.69, 9.17) is 4.74 Å². The van der Waals surface area contributed by atoms with Gasteiger partial charge >= 0.3 is 5.97 Å². The number of hydrogen-bond donors (Lipinski definition) is 4. The fourth-order valence-corrected chi connectivity index (χ4v) is 7.42. The van der Waals surface area contributed by atoms with Crippen LogP contribution in [0.2, 0.25) is 0 Å². The van der Waals surface area contributed by atoms with Crippen molar-refractivity contribution in [2.24, 2.45) is 5.41 Å². The van der Waals surface area contributed by atoms with Crippen molar-refractivity contribution in [3.63, 3.8) is 0 Å². The molecule has 1 saturated carbocycles. The standard InChI is InChI=1S/C25H28FN3O7S/c1-27-21(30)19-7-2-16(14-20(19)26)22(31)36-17-3-5-18(6-4-17)37(34,35)25(23(32)29-33)9-8-24(15-25)10-12-28-13-11-24/h2-7,14,28,33H,8-13,15H2,1H3,(H,27,30)(H,29,32). The summed E-state index contributed by atoms with van der Waals surface area (Å²) in [5.74, 6) is -3.40. The lowest BCUT2D eigenvalue weighted by Crippen LogP contribution is -2.51. The molecular weight excluding hydrogens is 505 g/mol. The van der Waals surface area contributed by atoms with Crippen LogP contribution < -0.4 is 20.9 Å². The van der Waals surface area contributed by atoms with Crippen molar-refractivity contribution in [2.75, 3.05) is 20.1 Å². The van der Waals surface area contributed by atoms with Crippen molar-refractivity contribution in [2.45, 2.75) is 41.7 Å². The average molecular weight is 534 g/mol. The Kier molecular flexibility index (Phi) is 7.36. The van der Waals surface area contributed by atoms with E-state index >= 15 is 0 Å².